The standard InChI is InChI=1S/C18H18F2N6O/c1-10-5-6-26(18(21)22)9-11(10)14-7-24-15(8-23-14)25-17(27)16-12(19)3-2-4-13(16)20/h2-4,7-8H,5-6,9H2,1H3,(H3,21,22)(H,24,25,27). The summed E-state index contributed by atoms with van der Waals surface area (Å²) in [5.41, 5.74) is 7.49. The molecule has 2 aromatic rings. The number of aromatic nitrogens is 2. The fourth-order valence-corrected chi connectivity index (χ4v) is 2.81. The second-order valence-electron chi connectivity index (χ2n) is 6.15. The van der Waals surface area contributed by atoms with Gasteiger partial charge in [0.2, 0.25) is 0 Å². The minimum Gasteiger partial charge on any atom is -0.370 e. The number of hydrogen-bond donors (Lipinski definition) is 3. The van der Waals surface area contributed by atoms with E-state index in [9.17, 15) is 13.6 Å². The van der Waals surface area contributed by atoms with Crippen molar-refractivity contribution in [3.05, 3.63) is 59.1 Å². The minimum absolute atomic E-state index is 0.0104. The Kier molecular flexibility index (Phi) is 5.11. The van der Waals surface area contributed by atoms with Crippen molar-refractivity contribution in [2.45, 2.75) is 13.3 Å². The van der Waals surface area contributed by atoms with Crippen LogP contribution in [0.2, 0.25) is 0 Å². The smallest absolute Gasteiger partial charge is 0.262 e. The molecule has 0 unspecified atom stereocenters. The predicted molar refractivity (Wildman–Crippen MR) is 97.0 cm³/mol. The number of nitrogens with zero attached hydrogens (tertiary/aromatic N) is 3. The zero-order valence-corrected chi connectivity index (χ0v) is 14.6. The summed E-state index contributed by atoms with van der Waals surface area (Å²) in [5.74, 6) is -2.79. The first-order chi connectivity index (χ1) is 12.9. The molecule has 0 saturated heterocycles. The Hall–Kier alpha value is -3.36. The number of guanidine groups is 1. The van der Waals surface area contributed by atoms with Crippen molar-refractivity contribution < 1.29 is 13.6 Å². The molecular weight excluding hydrogens is 354 g/mol. The summed E-state index contributed by atoms with van der Waals surface area (Å²) in [4.78, 5) is 22.2. The van der Waals surface area contributed by atoms with Crippen molar-refractivity contribution in [2.75, 3.05) is 18.4 Å². The molecule has 2 heterocycles. The molecule has 0 saturated carbocycles. The Morgan fingerprint density at radius 2 is 1.96 bits per heavy atom. The third-order valence-corrected chi connectivity index (χ3v) is 4.35. The van der Waals surface area contributed by atoms with E-state index < -0.39 is 23.1 Å². The van der Waals surface area contributed by atoms with Crippen LogP contribution in [0.3, 0.4) is 0 Å². The predicted octanol–water partition coefficient (Wildman–Crippen LogP) is 2.38. The molecule has 1 amide bonds. The molecule has 0 radical (unpaired) electrons. The number of amides is 1. The van der Waals surface area contributed by atoms with Gasteiger partial charge >= 0.3 is 0 Å². The quantitative estimate of drug-likeness (QED) is 0.566. The first kappa shape index (κ1) is 18.4. The summed E-state index contributed by atoms with van der Waals surface area (Å²) in [6.45, 7) is 3.09. The van der Waals surface area contributed by atoms with Gasteiger partial charge in [0.15, 0.2) is 11.8 Å². The van der Waals surface area contributed by atoms with Gasteiger partial charge in [0.05, 0.1) is 18.1 Å². The number of halogens is 2. The summed E-state index contributed by atoms with van der Waals surface area (Å²) in [6.07, 6.45) is 3.54. The van der Waals surface area contributed by atoms with Crippen molar-refractivity contribution in [3.63, 3.8) is 0 Å². The van der Waals surface area contributed by atoms with Crippen LogP contribution in [0.1, 0.15) is 29.4 Å². The lowest BCUT2D eigenvalue weighted by Gasteiger charge is -2.29. The van der Waals surface area contributed by atoms with E-state index in [0.717, 1.165) is 29.7 Å². The van der Waals surface area contributed by atoms with Gasteiger partial charge in [-0.2, -0.15) is 0 Å². The molecule has 27 heavy (non-hydrogen) atoms. The van der Waals surface area contributed by atoms with E-state index in [1.165, 1.54) is 18.5 Å². The molecule has 0 bridgehead atoms. The Balaban J connectivity index is 1.78. The fourth-order valence-electron chi connectivity index (χ4n) is 2.81. The lowest BCUT2D eigenvalue weighted by Crippen LogP contribution is -2.40. The second kappa shape index (κ2) is 7.48. The highest BCUT2D eigenvalue weighted by atomic mass is 19.1. The lowest BCUT2D eigenvalue weighted by atomic mass is 9.99. The van der Waals surface area contributed by atoms with Gasteiger partial charge in [-0.05, 0) is 31.1 Å². The summed E-state index contributed by atoms with van der Waals surface area (Å²) >= 11 is 0. The van der Waals surface area contributed by atoms with E-state index in [-0.39, 0.29) is 11.8 Å². The van der Waals surface area contributed by atoms with Crippen LogP contribution in [0.15, 0.2) is 36.2 Å². The van der Waals surface area contributed by atoms with Gasteiger partial charge in [0.25, 0.3) is 5.91 Å². The molecular formula is C18H18F2N6O. The van der Waals surface area contributed by atoms with Crippen molar-refractivity contribution in [3.8, 4) is 0 Å². The van der Waals surface area contributed by atoms with E-state index in [0.29, 0.717) is 18.8 Å². The van der Waals surface area contributed by atoms with Crippen LogP contribution < -0.4 is 11.1 Å². The molecule has 1 aromatic heterocycles. The molecule has 0 fully saturated rings. The van der Waals surface area contributed by atoms with Crippen LogP contribution in [-0.4, -0.2) is 39.8 Å². The molecule has 140 valence electrons. The summed E-state index contributed by atoms with van der Waals surface area (Å²) in [7, 11) is 0. The number of carbonyl (C=O) groups is 1. The van der Waals surface area contributed by atoms with Crippen LogP contribution in [-0.2, 0) is 0 Å². The molecule has 1 aliphatic rings. The normalized spacial score (nSPS) is 14.3. The van der Waals surface area contributed by atoms with Crippen molar-refractivity contribution >= 4 is 23.3 Å². The maximum Gasteiger partial charge on any atom is 0.262 e. The van der Waals surface area contributed by atoms with Crippen LogP contribution in [0.5, 0.6) is 0 Å². The van der Waals surface area contributed by atoms with Gasteiger partial charge in [0, 0.05) is 13.1 Å². The zero-order chi connectivity index (χ0) is 19.6. The number of rotatable bonds is 3. The SMILES string of the molecule is CC1=C(c2cnc(NC(=O)c3c(F)cccc3F)cn2)CN(C(=N)N)CC1. The Morgan fingerprint density at radius 3 is 2.56 bits per heavy atom. The minimum atomic E-state index is -0.954. The first-order valence-electron chi connectivity index (χ1n) is 8.22. The lowest BCUT2D eigenvalue weighted by molar-refractivity contribution is 0.101. The average Bonchev–Trinajstić information content (AvgIpc) is 2.62. The highest BCUT2D eigenvalue weighted by Crippen LogP contribution is 2.25. The number of anilines is 1. The molecule has 0 aliphatic carbocycles. The van der Waals surface area contributed by atoms with E-state index in [2.05, 4.69) is 15.3 Å². The Bertz CT molecular complexity index is 906. The van der Waals surface area contributed by atoms with E-state index in [1.807, 2.05) is 6.92 Å². The maximum absolute atomic E-state index is 13.7. The summed E-state index contributed by atoms with van der Waals surface area (Å²) in [6, 6.07) is 3.19. The van der Waals surface area contributed by atoms with Gasteiger partial charge < -0.3 is 16.0 Å². The van der Waals surface area contributed by atoms with Crippen LogP contribution in [0.4, 0.5) is 14.6 Å². The third-order valence-electron chi connectivity index (χ3n) is 4.35. The van der Waals surface area contributed by atoms with E-state index in [1.54, 1.807) is 4.90 Å². The van der Waals surface area contributed by atoms with Crippen LogP contribution in [0, 0.1) is 17.0 Å². The largest absolute Gasteiger partial charge is 0.370 e. The van der Waals surface area contributed by atoms with Crippen molar-refractivity contribution in [1.29, 1.82) is 5.41 Å². The van der Waals surface area contributed by atoms with Crippen LogP contribution in [0.25, 0.3) is 5.57 Å². The molecule has 0 atom stereocenters. The number of nitrogens with two attached hydrogens (primary N) is 1. The molecule has 1 aliphatic heterocycles. The van der Waals surface area contributed by atoms with Gasteiger partial charge in [-0.3, -0.25) is 15.2 Å². The molecule has 3 rings (SSSR count). The highest BCUT2D eigenvalue weighted by molar-refractivity contribution is 6.04. The number of nitrogens with one attached hydrogen (secondary N) is 2. The van der Waals surface area contributed by atoms with Gasteiger partial charge in [-0.25, -0.2) is 13.8 Å². The Morgan fingerprint density at radius 1 is 1.26 bits per heavy atom. The fraction of sp³-hybridized carbons (Fsp3) is 0.222. The van der Waals surface area contributed by atoms with Gasteiger partial charge in [-0.15, -0.1) is 0 Å². The van der Waals surface area contributed by atoms with Crippen molar-refractivity contribution in [2.24, 2.45) is 5.73 Å². The number of hydrogen-bond acceptors (Lipinski definition) is 4. The first-order valence-corrected chi connectivity index (χ1v) is 8.22. The monoisotopic (exact) mass is 372 g/mol. The average molecular weight is 372 g/mol. The van der Waals surface area contributed by atoms with Gasteiger partial charge in [0.1, 0.15) is 17.2 Å². The topological polar surface area (TPSA) is 108 Å². The Labute approximate surface area is 154 Å². The second-order valence-corrected chi connectivity index (χ2v) is 6.15. The van der Waals surface area contributed by atoms with Crippen LogP contribution >= 0.6 is 0 Å². The molecule has 9 heteroatoms. The van der Waals surface area contributed by atoms with Gasteiger partial charge in [-0.1, -0.05) is 11.6 Å². The molecule has 7 nitrogen and oxygen atoms in total. The molecule has 4 N–H and O–H groups in total. The summed E-state index contributed by atoms with van der Waals surface area (Å²) in [5, 5.41) is 9.91. The molecule has 1 aromatic carbocycles. The van der Waals surface area contributed by atoms with E-state index >= 15 is 0 Å². The molecule has 0 spiro atoms. The highest BCUT2D eigenvalue weighted by Gasteiger charge is 2.21. The van der Waals surface area contributed by atoms with Crippen molar-refractivity contribution in [1.82, 2.24) is 14.9 Å². The zero-order valence-electron chi connectivity index (χ0n) is 14.6. The number of benzene rings is 1. The summed E-state index contributed by atoms with van der Waals surface area (Å²) < 4.78 is 27.4. The third kappa shape index (κ3) is 3.91. The number of carbonyl (C=O) groups excluding carboxylic acids is 1. The maximum atomic E-state index is 13.7. The van der Waals surface area contributed by atoms with E-state index in [4.69, 9.17) is 11.1 Å².